The average Bonchev–Trinajstić information content (AvgIpc) is 3.68. The lowest BCUT2D eigenvalue weighted by Crippen LogP contribution is -2.55. The summed E-state index contributed by atoms with van der Waals surface area (Å²) in [6, 6.07) is 21.7. The van der Waals surface area contributed by atoms with Gasteiger partial charge in [-0.1, -0.05) is 60.7 Å². The fourth-order valence-electron chi connectivity index (χ4n) is 5.35. The fourth-order valence-corrected chi connectivity index (χ4v) is 5.35. The molecule has 2 fully saturated rings. The van der Waals surface area contributed by atoms with E-state index in [4.69, 9.17) is 28.1 Å². The summed E-state index contributed by atoms with van der Waals surface area (Å²) in [6.07, 6.45) is -1.34. The molecule has 2 saturated heterocycles. The Bertz CT molecular complexity index is 1280. The molecule has 10 heteroatoms. The predicted octanol–water partition coefficient (Wildman–Crippen LogP) is 4.78. The van der Waals surface area contributed by atoms with Crippen molar-refractivity contribution >= 4 is 12.0 Å². The first-order valence-corrected chi connectivity index (χ1v) is 14.3. The van der Waals surface area contributed by atoms with Crippen LogP contribution in [-0.2, 0) is 48.2 Å². The molecule has 0 aliphatic carbocycles. The number of carbonyl (C=O) groups excluding carboxylic acids is 2. The molecule has 1 unspecified atom stereocenters. The number of esters is 1. The summed E-state index contributed by atoms with van der Waals surface area (Å²) in [5, 5.41) is 2.99. The van der Waals surface area contributed by atoms with Gasteiger partial charge in [-0.25, -0.2) is 4.79 Å². The van der Waals surface area contributed by atoms with Crippen LogP contribution in [0.5, 0.6) is 0 Å². The summed E-state index contributed by atoms with van der Waals surface area (Å²) in [7, 11) is 0. The lowest BCUT2D eigenvalue weighted by atomic mass is 9.98. The van der Waals surface area contributed by atoms with E-state index in [9.17, 15) is 9.59 Å². The average molecular weight is 579 g/mol. The Balaban J connectivity index is 1.46. The monoisotopic (exact) mass is 578 g/mol. The Kier molecular flexibility index (Phi) is 9.58. The van der Waals surface area contributed by atoms with Gasteiger partial charge in [-0.2, -0.15) is 0 Å². The molecule has 1 aromatic heterocycles. The lowest BCUT2D eigenvalue weighted by molar-refractivity contribution is -0.226. The first kappa shape index (κ1) is 29.8. The van der Waals surface area contributed by atoms with Crippen molar-refractivity contribution < 1.29 is 37.7 Å². The van der Waals surface area contributed by atoms with Gasteiger partial charge in [0.05, 0.1) is 38.5 Å². The summed E-state index contributed by atoms with van der Waals surface area (Å²) < 4.78 is 36.2. The van der Waals surface area contributed by atoms with Crippen LogP contribution in [0.3, 0.4) is 0 Å². The van der Waals surface area contributed by atoms with Crippen LogP contribution >= 0.6 is 0 Å². The molecule has 5 rings (SSSR count). The van der Waals surface area contributed by atoms with Gasteiger partial charge in [0.2, 0.25) is 0 Å². The van der Waals surface area contributed by atoms with E-state index in [1.165, 1.54) is 0 Å². The topological polar surface area (TPSA) is 109 Å². The molecule has 42 heavy (non-hydrogen) atoms. The summed E-state index contributed by atoms with van der Waals surface area (Å²) >= 11 is 0. The minimum Gasteiger partial charge on any atom is -0.467 e. The summed E-state index contributed by atoms with van der Waals surface area (Å²) in [5.74, 6) is -0.800. The molecular weight excluding hydrogens is 540 g/mol. The maximum absolute atomic E-state index is 13.9. The number of hydrogen-bond acceptors (Lipinski definition) is 8. The number of carbonyl (C=O) groups is 2. The van der Waals surface area contributed by atoms with Crippen molar-refractivity contribution in [2.75, 3.05) is 6.61 Å². The Morgan fingerprint density at radius 1 is 0.976 bits per heavy atom. The van der Waals surface area contributed by atoms with Crippen molar-refractivity contribution in [2.45, 2.75) is 83.3 Å². The van der Waals surface area contributed by atoms with Gasteiger partial charge in [-0.05, 0) is 44.0 Å². The molecule has 3 heterocycles. The molecule has 2 aliphatic rings. The smallest absolute Gasteiger partial charge is 0.318 e. The molecule has 0 spiro atoms. The number of ether oxygens (including phenoxy) is 5. The zero-order chi connectivity index (χ0) is 29.5. The maximum atomic E-state index is 13.9. The summed E-state index contributed by atoms with van der Waals surface area (Å²) in [4.78, 5) is 28.4. The lowest BCUT2D eigenvalue weighted by Gasteiger charge is -2.37. The van der Waals surface area contributed by atoms with E-state index in [1.54, 1.807) is 30.2 Å². The molecule has 0 bridgehead atoms. The van der Waals surface area contributed by atoms with Crippen LogP contribution in [0.15, 0.2) is 83.5 Å². The van der Waals surface area contributed by atoms with E-state index >= 15 is 0 Å². The Labute approximate surface area is 245 Å². The van der Waals surface area contributed by atoms with Crippen LogP contribution < -0.4 is 5.32 Å². The number of rotatable bonds is 12. The zero-order valence-electron chi connectivity index (χ0n) is 24.1. The van der Waals surface area contributed by atoms with Crippen LogP contribution in [0.2, 0.25) is 0 Å². The van der Waals surface area contributed by atoms with Gasteiger partial charge in [-0.15, -0.1) is 0 Å². The summed E-state index contributed by atoms with van der Waals surface area (Å²) in [6.45, 7) is 6.24. The Morgan fingerprint density at radius 3 is 2.36 bits per heavy atom. The van der Waals surface area contributed by atoms with Gasteiger partial charge in [-0.3, -0.25) is 4.79 Å². The molecule has 2 aromatic carbocycles. The van der Waals surface area contributed by atoms with Gasteiger partial charge in [0, 0.05) is 6.54 Å². The number of urea groups is 1. The highest BCUT2D eigenvalue weighted by atomic mass is 16.8. The normalized spacial score (nSPS) is 23.2. The molecule has 5 atom stereocenters. The number of benzene rings is 2. The third-order valence-corrected chi connectivity index (χ3v) is 7.23. The van der Waals surface area contributed by atoms with E-state index < -0.39 is 48.4 Å². The zero-order valence-corrected chi connectivity index (χ0v) is 24.1. The van der Waals surface area contributed by atoms with Crippen molar-refractivity contribution in [1.29, 1.82) is 0 Å². The van der Waals surface area contributed by atoms with E-state index in [0.29, 0.717) is 12.3 Å². The quantitative estimate of drug-likeness (QED) is 0.306. The van der Waals surface area contributed by atoms with Crippen molar-refractivity contribution in [3.05, 3.63) is 95.9 Å². The van der Waals surface area contributed by atoms with Crippen LogP contribution in [0.25, 0.3) is 0 Å². The largest absolute Gasteiger partial charge is 0.467 e. The Morgan fingerprint density at radius 2 is 1.69 bits per heavy atom. The summed E-state index contributed by atoms with van der Waals surface area (Å²) in [5.41, 5.74) is 1.90. The number of nitrogens with one attached hydrogen (secondary N) is 1. The minimum atomic E-state index is -0.883. The highest BCUT2D eigenvalue weighted by Crippen LogP contribution is 2.41. The molecule has 2 aliphatic heterocycles. The predicted molar refractivity (Wildman–Crippen MR) is 152 cm³/mol. The van der Waals surface area contributed by atoms with Crippen LogP contribution in [0.1, 0.15) is 44.1 Å². The number of fused-ring (bicyclic) bond motifs is 1. The second-order valence-corrected chi connectivity index (χ2v) is 10.8. The number of amides is 2. The van der Waals surface area contributed by atoms with Gasteiger partial charge in [0.1, 0.15) is 24.1 Å². The molecule has 0 radical (unpaired) electrons. The molecule has 224 valence electrons. The molecule has 2 amide bonds. The second kappa shape index (κ2) is 13.5. The fraction of sp³-hybridized carbons (Fsp3) is 0.438. The van der Waals surface area contributed by atoms with Gasteiger partial charge >= 0.3 is 12.0 Å². The first-order chi connectivity index (χ1) is 20.3. The number of hydrogen-bond donors (Lipinski definition) is 1. The first-order valence-electron chi connectivity index (χ1n) is 14.3. The van der Waals surface area contributed by atoms with Crippen LogP contribution in [0.4, 0.5) is 4.79 Å². The molecule has 1 N–H and O–H groups in total. The van der Waals surface area contributed by atoms with Crippen molar-refractivity contribution in [2.24, 2.45) is 0 Å². The molecule has 10 nitrogen and oxygen atoms in total. The van der Waals surface area contributed by atoms with Gasteiger partial charge < -0.3 is 38.3 Å². The third kappa shape index (κ3) is 7.38. The van der Waals surface area contributed by atoms with Crippen molar-refractivity contribution in [3.8, 4) is 0 Å². The van der Waals surface area contributed by atoms with E-state index in [0.717, 1.165) is 11.1 Å². The number of furan rings is 1. The van der Waals surface area contributed by atoms with E-state index in [1.807, 2.05) is 74.5 Å². The molecule has 3 aromatic rings. The second-order valence-electron chi connectivity index (χ2n) is 10.8. The highest BCUT2D eigenvalue weighted by Gasteiger charge is 2.58. The number of nitrogens with zero attached hydrogens (tertiary/aromatic N) is 1. The Hall–Kier alpha value is -3.70. The molecular formula is C32H38N2O8. The highest BCUT2D eigenvalue weighted by molar-refractivity contribution is 5.76. The third-order valence-electron chi connectivity index (χ3n) is 7.23. The van der Waals surface area contributed by atoms with E-state index in [2.05, 4.69) is 5.32 Å². The van der Waals surface area contributed by atoms with Crippen LogP contribution in [0, 0.1) is 0 Å². The van der Waals surface area contributed by atoms with E-state index in [-0.39, 0.29) is 26.2 Å². The SMILES string of the molecule is CCOC(=O)CC([C@@H]1O[C@H]2OC(C)(C)O[C@H]2[C@@H]1OCc1ccccc1)N(Cc1ccco1)C(=O)NCc1ccccc1. The standard InChI is InChI=1S/C32H38N2O8/c1-4-37-26(35)18-25(34(20-24-16-11-17-38-24)31(36)33-19-22-12-7-5-8-13-22)27-28(39-21-23-14-9-6-10-15-23)29-30(40-27)42-32(2,3)41-29/h5-17,25,27-30H,4,18-21H2,1-3H3,(H,33,36)/t25?,27-,28+,29-,30-/m0/s1. The van der Waals surface area contributed by atoms with Gasteiger partial charge in [0.15, 0.2) is 12.1 Å². The van der Waals surface area contributed by atoms with Crippen molar-refractivity contribution in [1.82, 2.24) is 10.2 Å². The molecule has 0 saturated carbocycles. The van der Waals surface area contributed by atoms with Gasteiger partial charge in [0.25, 0.3) is 0 Å². The van der Waals surface area contributed by atoms with Crippen molar-refractivity contribution in [3.63, 3.8) is 0 Å². The maximum Gasteiger partial charge on any atom is 0.318 e. The van der Waals surface area contributed by atoms with Crippen LogP contribution in [-0.4, -0.2) is 59.9 Å². The minimum absolute atomic E-state index is 0.0888.